The molecule has 3 aromatic carbocycles. The number of benzene rings is 3. The zero-order chi connectivity index (χ0) is 20.8. The molecule has 30 heavy (non-hydrogen) atoms. The molecular weight excluding hydrogens is 442 g/mol. The third kappa shape index (κ3) is 2.77. The monoisotopic (exact) mass is 459 g/mol. The van der Waals surface area contributed by atoms with Crippen LogP contribution in [0.1, 0.15) is 0 Å². The largest absolute Gasteiger partial charge is 0.496 e. The highest BCUT2D eigenvalue weighted by Crippen LogP contribution is 2.43. The Bertz CT molecular complexity index is 1420. The van der Waals surface area contributed by atoms with Crippen molar-refractivity contribution in [2.24, 2.45) is 0 Å². The van der Waals surface area contributed by atoms with Crippen LogP contribution in [0.15, 0.2) is 82.3 Å². The van der Waals surface area contributed by atoms with Crippen molar-refractivity contribution in [2.75, 3.05) is 14.2 Å². The molecule has 0 unspecified atom stereocenters. The van der Waals surface area contributed by atoms with E-state index in [1.165, 1.54) is 0 Å². The van der Waals surface area contributed by atoms with Gasteiger partial charge in [-0.1, -0.05) is 58.4 Å². The summed E-state index contributed by atoms with van der Waals surface area (Å²) in [6.07, 6.45) is 3.95. The number of rotatable bonds is 4. The molecule has 5 heteroatoms. The van der Waals surface area contributed by atoms with Crippen molar-refractivity contribution < 1.29 is 9.47 Å². The Kier molecular flexibility index (Phi) is 4.48. The molecule has 0 N–H and O–H groups in total. The maximum absolute atomic E-state index is 13.6. The molecule has 0 atom stereocenters. The molecule has 5 rings (SSSR count). The first kappa shape index (κ1) is 18.7. The number of hydrogen-bond acceptors (Lipinski definition) is 3. The van der Waals surface area contributed by atoms with Crippen LogP contribution in [0.2, 0.25) is 0 Å². The van der Waals surface area contributed by atoms with E-state index in [4.69, 9.17) is 9.47 Å². The molecule has 0 amide bonds. The van der Waals surface area contributed by atoms with Crippen LogP contribution >= 0.6 is 15.9 Å². The molecule has 0 aliphatic rings. The second-order valence-corrected chi connectivity index (χ2v) is 7.99. The first-order chi connectivity index (χ1) is 14.6. The van der Waals surface area contributed by atoms with Crippen LogP contribution in [0, 0.1) is 0 Å². The van der Waals surface area contributed by atoms with E-state index in [1.54, 1.807) is 20.3 Å². The normalized spacial score (nSPS) is 11.3. The van der Waals surface area contributed by atoms with E-state index in [0.717, 1.165) is 32.1 Å². The van der Waals surface area contributed by atoms with Crippen LogP contribution < -0.4 is 14.9 Å². The van der Waals surface area contributed by atoms with Gasteiger partial charge in [-0.15, -0.1) is 0 Å². The number of nitrogens with zero attached hydrogens (tertiary/aromatic N) is 1. The Balaban J connectivity index is 1.95. The van der Waals surface area contributed by atoms with Crippen LogP contribution in [0.4, 0.5) is 0 Å². The minimum Gasteiger partial charge on any atom is -0.496 e. The average Bonchev–Trinajstić information content (AvgIpc) is 3.16. The van der Waals surface area contributed by atoms with Crippen LogP contribution in [-0.4, -0.2) is 18.6 Å². The minimum atomic E-state index is -0.0568. The van der Waals surface area contributed by atoms with E-state index in [1.807, 2.05) is 65.2 Å². The van der Waals surface area contributed by atoms with Crippen LogP contribution in [-0.2, 0) is 0 Å². The van der Waals surface area contributed by atoms with Gasteiger partial charge in [-0.25, -0.2) is 0 Å². The molecule has 2 heterocycles. The zero-order valence-corrected chi connectivity index (χ0v) is 18.1. The molecule has 4 nitrogen and oxygen atoms in total. The standard InChI is InChI=1S/C25H18BrNO3/c1-29-20-12-21(30-2)23-24-22(20)18(16-8-10-17(26)11-9-16)13-27(24)14-19(25(23)28)15-6-4-3-5-7-15/h3-14H,1-2H3. The molecule has 0 aliphatic heterocycles. The van der Waals surface area contributed by atoms with E-state index < -0.39 is 0 Å². The van der Waals surface area contributed by atoms with Gasteiger partial charge >= 0.3 is 0 Å². The van der Waals surface area contributed by atoms with Gasteiger partial charge in [0.05, 0.1) is 30.5 Å². The predicted octanol–water partition coefficient (Wildman–Crippen LogP) is 6.00. The predicted molar refractivity (Wildman–Crippen MR) is 124 cm³/mol. The summed E-state index contributed by atoms with van der Waals surface area (Å²) in [7, 11) is 3.21. The Labute approximate surface area is 181 Å². The van der Waals surface area contributed by atoms with Crippen molar-refractivity contribution in [2.45, 2.75) is 0 Å². The molecule has 0 bridgehead atoms. The van der Waals surface area contributed by atoms with Crippen molar-refractivity contribution in [1.29, 1.82) is 0 Å². The summed E-state index contributed by atoms with van der Waals surface area (Å²) in [4.78, 5) is 13.6. The summed E-state index contributed by atoms with van der Waals surface area (Å²) < 4.78 is 14.3. The second kappa shape index (κ2) is 7.18. The molecule has 0 saturated heterocycles. The molecule has 0 saturated carbocycles. The maximum atomic E-state index is 13.6. The van der Waals surface area contributed by atoms with E-state index in [0.29, 0.717) is 22.4 Å². The molecule has 0 spiro atoms. The van der Waals surface area contributed by atoms with Gasteiger partial charge in [0.2, 0.25) is 5.43 Å². The summed E-state index contributed by atoms with van der Waals surface area (Å²) >= 11 is 3.50. The molecule has 5 aromatic rings. The third-order valence-corrected chi connectivity index (χ3v) is 5.97. The van der Waals surface area contributed by atoms with Crippen LogP contribution in [0.3, 0.4) is 0 Å². The molecule has 0 radical (unpaired) electrons. The first-order valence-electron chi connectivity index (χ1n) is 9.49. The van der Waals surface area contributed by atoms with Gasteiger partial charge in [-0.05, 0) is 23.3 Å². The van der Waals surface area contributed by atoms with Crippen molar-refractivity contribution in [3.05, 3.63) is 87.8 Å². The maximum Gasteiger partial charge on any atom is 0.200 e. The Hall–Kier alpha value is -3.31. The number of halogens is 1. The van der Waals surface area contributed by atoms with Crippen LogP contribution in [0.5, 0.6) is 11.5 Å². The fourth-order valence-corrected chi connectivity index (χ4v) is 4.32. The molecule has 0 aliphatic carbocycles. The summed E-state index contributed by atoms with van der Waals surface area (Å²) in [5.41, 5.74) is 4.29. The van der Waals surface area contributed by atoms with E-state index in [-0.39, 0.29) is 5.43 Å². The smallest absolute Gasteiger partial charge is 0.200 e. The van der Waals surface area contributed by atoms with Gasteiger partial charge in [0, 0.05) is 34.1 Å². The molecule has 2 aromatic heterocycles. The average molecular weight is 460 g/mol. The number of methoxy groups -OCH3 is 2. The van der Waals surface area contributed by atoms with E-state index in [9.17, 15) is 4.79 Å². The summed E-state index contributed by atoms with van der Waals surface area (Å²) in [6, 6.07) is 19.6. The number of ether oxygens (including phenoxy) is 2. The number of pyridine rings is 1. The minimum absolute atomic E-state index is 0.0568. The lowest BCUT2D eigenvalue weighted by Crippen LogP contribution is -2.09. The Morgan fingerprint density at radius 3 is 2.03 bits per heavy atom. The Morgan fingerprint density at radius 2 is 1.37 bits per heavy atom. The molecular formula is C25H18BrNO3. The SMILES string of the molecule is COc1cc(OC)c2c(=O)c(-c3ccccc3)cn3cc(-c4ccc(Br)cc4)c1c23. The second-order valence-electron chi connectivity index (χ2n) is 7.07. The molecule has 0 fully saturated rings. The fraction of sp³-hybridized carbons (Fsp3) is 0.0800. The van der Waals surface area contributed by atoms with Gasteiger partial charge < -0.3 is 13.9 Å². The first-order valence-corrected chi connectivity index (χ1v) is 10.3. The highest BCUT2D eigenvalue weighted by molar-refractivity contribution is 9.10. The highest BCUT2D eigenvalue weighted by atomic mass is 79.9. The third-order valence-electron chi connectivity index (χ3n) is 5.44. The number of aromatic nitrogens is 1. The van der Waals surface area contributed by atoms with Crippen molar-refractivity contribution in [1.82, 2.24) is 4.40 Å². The lowest BCUT2D eigenvalue weighted by Gasteiger charge is -2.12. The van der Waals surface area contributed by atoms with Gasteiger partial charge in [0.1, 0.15) is 11.5 Å². The van der Waals surface area contributed by atoms with E-state index >= 15 is 0 Å². The van der Waals surface area contributed by atoms with Gasteiger partial charge in [-0.3, -0.25) is 4.79 Å². The lowest BCUT2D eigenvalue weighted by atomic mass is 10.00. The quantitative estimate of drug-likeness (QED) is 0.330. The fourth-order valence-electron chi connectivity index (χ4n) is 4.06. The van der Waals surface area contributed by atoms with Gasteiger partial charge in [-0.2, -0.15) is 0 Å². The summed E-state index contributed by atoms with van der Waals surface area (Å²) in [5, 5.41) is 1.45. The Morgan fingerprint density at radius 1 is 0.767 bits per heavy atom. The van der Waals surface area contributed by atoms with Crippen LogP contribution in [0.25, 0.3) is 38.5 Å². The molecule has 148 valence electrons. The summed E-state index contributed by atoms with van der Waals surface area (Å²) in [6.45, 7) is 0. The topological polar surface area (TPSA) is 39.9 Å². The van der Waals surface area contributed by atoms with Crippen molar-refractivity contribution in [3.63, 3.8) is 0 Å². The van der Waals surface area contributed by atoms with Gasteiger partial charge in [0.15, 0.2) is 0 Å². The van der Waals surface area contributed by atoms with Crippen molar-refractivity contribution >= 4 is 32.2 Å². The highest BCUT2D eigenvalue weighted by Gasteiger charge is 2.23. The zero-order valence-electron chi connectivity index (χ0n) is 16.5. The van der Waals surface area contributed by atoms with Gasteiger partial charge in [0.25, 0.3) is 0 Å². The van der Waals surface area contributed by atoms with Crippen molar-refractivity contribution in [3.8, 4) is 33.8 Å². The lowest BCUT2D eigenvalue weighted by molar-refractivity contribution is 0.400. The number of hydrogen-bond donors (Lipinski definition) is 0. The summed E-state index contributed by atoms with van der Waals surface area (Å²) in [5.74, 6) is 1.18. The van der Waals surface area contributed by atoms with E-state index in [2.05, 4.69) is 22.1 Å².